The van der Waals surface area contributed by atoms with E-state index >= 15 is 0 Å². The Morgan fingerprint density at radius 3 is 2.74 bits per heavy atom. The average Bonchev–Trinajstić information content (AvgIpc) is 3.09. The minimum atomic E-state index is -0.592. The summed E-state index contributed by atoms with van der Waals surface area (Å²) >= 11 is 0. The SMILES string of the molecule is C[C@H]1CN(C[C@H](O)COc2ccc3c4c(c(=O)oc3c2)CCC4)C[C@H](C)O1. The molecule has 1 N–H and O–H groups in total. The third-order valence-corrected chi connectivity index (χ3v) is 5.35. The second kappa shape index (κ2) is 7.62. The zero-order chi connectivity index (χ0) is 19.0. The van der Waals surface area contributed by atoms with Crippen LogP contribution < -0.4 is 10.4 Å². The molecule has 0 saturated carbocycles. The minimum absolute atomic E-state index is 0.173. The van der Waals surface area contributed by atoms with E-state index in [0.29, 0.717) is 17.9 Å². The van der Waals surface area contributed by atoms with Gasteiger partial charge in [0, 0.05) is 36.7 Å². The number of hydrogen-bond acceptors (Lipinski definition) is 6. The summed E-state index contributed by atoms with van der Waals surface area (Å²) in [6.07, 6.45) is 2.48. The largest absolute Gasteiger partial charge is 0.491 e. The van der Waals surface area contributed by atoms with Crippen molar-refractivity contribution in [2.45, 2.75) is 51.4 Å². The van der Waals surface area contributed by atoms with E-state index in [2.05, 4.69) is 4.90 Å². The molecule has 1 aromatic carbocycles. The Morgan fingerprint density at radius 1 is 1.22 bits per heavy atom. The molecule has 0 spiro atoms. The fourth-order valence-electron chi connectivity index (χ4n) is 4.33. The molecule has 0 amide bonds. The number of benzene rings is 1. The summed E-state index contributed by atoms with van der Waals surface area (Å²) in [6.45, 7) is 6.46. The Labute approximate surface area is 158 Å². The van der Waals surface area contributed by atoms with Crippen LogP contribution >= 0.6 is 0 Å². The van der Waals surface area contributed by atoms with Gasteiger partial charge in [-0.25, -0.2) is 4.79 Å². The normalized spacial score (nSPS) is 24.1. The minimum Gasteiger partial charge on any atom is -0.491 e. The number of β-amino-alcohol motifs (C(OH)–C–C–N with tert-alkyl or cyclic N) is 1. The summed E-state index contributed by atoms with van der Waals surface area (Å²) in [5, 5.41) is 11.3. The van der Waals surface area contributed by atoms with E-state index in [1.165, 1.54) is 0 Å². The first-order valence-corrected chi connectivity index (χ1v) is 9.77. The van der Waals surface area contributed by atoms with Gasteiger partial charge in [0.25, 0.3) is 0 Å². The van der Waals surface area contributed by atoms with Crippen molar-refractivity contribution in [3.8, 4) is 5.75 Å². The quantitative estimate of drug-likeness (QED) is 0.810. The summed E-state index contributed by atoms with van der Waals surface area (Å²) in [7, 11) is 0. The molecule has 2 aliphatic rings. The van der Waals surface area contributed by atoms with E-state index in [0.717, 1.165) is 48.9 Å². The molecule has 6 nitrogen and oxygen atoms in total. The zero-order valence-corrected chi connectivity index (χ0v) is 15.9. The number of aryl methyl sites for hydroxylation is 1. The summed E-state index contributed by atoms with van der Waals surface area (Å²) < 4.78 is 17.0. The second-order valence-electron chi connectivity index (χ2n) is 7.80. The van der Waals surface area contributed by atoms with Crippen molar-refractivity contribution in [2.75, 3.05) is 26.2 Å². The van der Waals surface area contributed by atoms with Crippen LogP contribution in [0.1, 0.15) is 31.4 Å². The van der Waals surface area contributed by atoms with E-state index < -0.39 is 6.10 Å². The number of rotatable bonds is 5. The predicted octanol–water partition coefficient (Wildman–Crippen LogP) is 2.13. The number of aliphatic hydroxyl groups excluding tert-OH is 1. The molecule has 3 atom stereocenters. The van der Waals surface area contributed by atoms with E-state index in [1.54, 1.807) is 6.07 Å². The lowest BCUT2D eigenvalue weighted by molar-refractivity contribution is -0.0786. The number of aliphatic hydroxyl groups is 1. The molecule has 27 heavy (non-hydrogen) atoms. The van der Waals surface area contributed by atoms with Gasteiger partial charge in [-0.3, -0.25) is 4.90 Å². The van der Waals surface area contributed by atoms with Gasteiger partial charge in [0.05, 0.1) is 12.2 Å². The van der Waals surface area contributed by atoms with Crippen LogP contribution in [0.25, 0.3) is 11.0 Å². The van der Waals surface area contributed by atoms with Crippen LogP contribution in [0.5, 0.6) is 5.75 Å². The molecule has 0 radical (unpaired) electrons. The highest BCUT2D eigenvalue weighted by atomic mass is 16.5. The lowest BCUT2D eigenvalue weighted by atomic mass is 10.1. The van der Waals surface area contributed by atoms with Crippen LogP contribution in [-0.2, 0) is 17.6 Å². The predicted molar refractivity (Wildman–Crippen MR) is 102 cm³/mol. The average molecular weight is 373 g/mol. The Hall–Kier alpha value is -1.89. The Bertz CT molecular complexity index is 867. The van der Waals surface area contributed by atoms with Crippen LogP contribution in [0.3, 0.4) is 0 Å². The monoisotopic (exact) mass is 373 g/mol. The molecule has 146 valence electrons. The van der Waals surface area contributed by atoms with Gasteiger partial charge < -0.3 is 19.0 Å². The maximum absolute atomic E-state index is 12.1. The number of morpholine rings is 1. The smallest absolute Gasteiger partial charge is 0.339 e. The highest BCUT2D eigenvalue weighted by molar-refractivity contribution is 5.83. The first-order chi connectivity index (χ1) is 13.0. The summed E-state index contributed by atoms with van der Waals surface area (Å²) in [5.74, 6) is 0.603. The molecule has 1 fully saturated rings. The third-order valence-electron chi connectivity index (χ3n) is 5.35. The maximum atomic E-state index is 12.1. The first-order valence-electron chi connectivity index (χ1n) is 9.77. The van der Waals surface area contributed by atoms with Crippen molar-refractivity contribution in [3.63, 3.8) is 0 Å². The Kier molecular flexibility index (Phi) is 5.21. The van der Waals surface area contributed by atoms with Crippen molar-refractivity contribution in [1.29, 1.82) is 0 Å². The van der Waals surface area contributed by atoms with Crippen LogP contribution in [0.15, 0.2) is 27.4 Å². The van der Waals surface area contributed by atoms with Crippen molar-refractivity contribution >= 4 is 11.0 Å². The van der Waals surface area contributed by atoms with Gasteiger partial charge in [-0.1, -0.05) is 0 Å². The molecule has 1 saturated heterocycles. The number of hydrogen-bond donors (Lipinski definition) is 1. The maximum Gasteiger partial charge on any atom is 0.339 e. The highest BCUT2D eigenvalue weighted by Gasteiger charge is 2.24. The van der Waals surface area contributed by atoms with Crippen LogP contribution in [0.2, 0.25) is 0 Å². The second-order valence-corrected chi connectivity index (χ2v) is 7.80. The lowest BCUT2D eigenvalue weighted by Gasteiger charge is -2.36. The standard InChI is InChI=1S/C21H27NO5/c1-13-9-22(10-14(2)26-13)11-15(23)12-25-16-6-7-18-17-4-3-5-19(17)21(24)27-20(18)8-16/h6-8,13-15,23H,3-5,9-12H2,1-2H3/t13-,14-,15-/m0/s1. The molecule has 4 rings (SSSR count). The van der Waals surface area contributed by atoms with Crippen LogP contribution in [-0.4, -0.2) is 54.6 Å². The fraction of sp³-hybridized carbons (Fsp3) is 0.571. The Morgan fingerprint density at radius 2 is 1.96 bits per heavy atom. The van der Waals surface area contributed by atoms with E-state index in [-0.39, 0.29) is 24.4 Å². The molecule has 2 aromatic rings. The van der Waals surface area contributed by atoms with E-state index in [4.69, 9.17) is 13.9 Å². The number of fused-ring (bicyclic) bond motifs is 3. The summed E-state index contributed by atoms with van der Waals surface area (Å²) in [4.78, 5) is 14.3. The Balaban J connectivity index is 1.40. The number of ether oxygens (including phenoxy) is 2. The molecule has 2 heterocycles. The highest BCUT2D eigenvalue weighted by Crippen LogP contribution is 2.29. The van der Waals surface area contributed by atoms with Crippen molar-refractivity contribution in [1.82, 2.24) is 4.90 Å². The molecule has 6 heteroatoms. The van der Waals surface area contributed by atoms with Crippen LogP contribution in [0, 0.1) is 0 Å². The fourth-order valence-corrected chi connectivity index (χ4v) is 4.33. The van der Waals surface area contributed by atoms with Gasteiger partial charge in [-0.2, -0.15) is 0 Å². The zero-order valence-electron chi connectivity index (χ0n) is 15.9. The molecule has 1 aromatic heterocycles. The molecular weight excluding hydrogens is 346 g/mol. The van der Waals surface area contributed by atoms with Crippen molar-refractivity contribution in [2.24, 2.45) is 0 Å². The van der Waals surface area contributed by atoms with Gasteiger partial charge in [0.15, 0.2) is 0 Å². The summed E-state index contributed by atoms with van der Waals surface area (Å²) in [5.41, 5.74) is 2.26. The van der Waals surface area contributed by atoms with Gasteiger partial charge >= 0.3 is 5.63 Å². The lowest BCUT2D eigenvalue weighted by Crippen LogP contribution is -2.48. The molecule has 1 aliphatic carbocycles. The molecule has 0 bridgehead atoms. The molecule has 1 aliphatic heterocycles. The van der Waals surface area contributed by atoms with E-state index in [1.807, 2.05) is 26.0 Å². The van der Waals surface area contributed by atoms with Crippen molar-refractivity contribution < 1.29 is 19.0 Å². The summed E-state index contributed by atoms with van der Waals surface area (Å²) in [6, 6.07) is 5.59. The first kappa shape index (κ1) is 18.5. The molecule has 0 unspecified atom stereocenters. The van der Waals surface area contributed by atoms with Gasteiger partial charge in [-0.15, -0.1) is 0 Å². The van der Waals surface area contributed by atoms with Gasteiger partial charge in [0.2, 0.25) is 0 Å². The van der Waals surface area contributed by atoms with Gasteiger partial charge in [0.1, 0.15) is 24.0 Å². The number of nitrogens with zero attached hydrogens (tertiary/aromatic N) is 1. The van der Waals surface area contributed by atoms with E-state index in [9.17, 15) is 9.90 Å². The van der Waals surface area contributed by atoms with Crippen LogP contribution in [0.4, 0.5) is 0 Å². The molecular formula is C21H27NO5. The third kappa shape index (κ3) is 4.03. The van der Waals surface area contributed by atoms with Crippen molar-refractivity contribution in [3.05, 3.63) is 39.7 Å². The van der Waals surface area contributed by atoms with Gasteiger partial charge in [-0.05, 0) is 50.8 Å². The topological polar surface area (TPSA) is 72.1 Å².